The van der Waals surface area contributed by atoms with Crippen LogP contribution in [0.15, 0.2) is 58.3 Å². The lowest BCUT2D eigenvalue weighted by Crippen LogP contribution is -2.55. The molecule has 2 saturated heterocycles. The summed E-state index contributed by atoms with van der Waals surface area (Å²) in [5.41, 5.74) is 0. The first-order chi connectivity index (χ1) is 21.3. The van der Waals surface area contributed by atoms with E-state index in [2.05, 4.69) is 11.2 Å². The molecule has 2 aromatic rings. The van der Waals surface area contributed by atoms with Gasteiger partial charge in [-0.25, -0.2) is 25.6 Å². The Morgan fingerprint density at radius 3 is 1.50 bits per heavy atom. The molecule has 1 N–H and O–H groups in total. The first kappa shape index (κ1) is 39.1. The van der Waals surface area contributed by atoms with Gasteiger partial charge in [-0.15, -0.1) is 18.8 Å². The third-order valence-corrected chi connectivity index (χ3v) is 13.0. The van der Waals surface area contributed by atoms with Gasteiger partial charge in [-0.05, 0) is 101 Å². The summed E-state index contributed by atoms with van der Waals surface area (Å²) in [6.07, 6.45) is 5.76. The van der Waals surface area contributed by atoms with Gasteiger partial charge in [0.1, 0.15) is 11.6 Å². The van der Waals surface area contributed by atoms with Gasteiger partial charge in [-0.3, -0.25) is 14.5 Å². The molecule has 0 amide bonds. The number of terminal acetylenes is 1. The van der Waals surface area contributed by atoms with Crippen molar-refractivity contribution < 1.29 is 44.7 Å². The van der Waals surface area contributed by atoms with Gasteiger partial charge in [0.2, 0.25) is 0 Å². The summed E-state index contributed by atoms with van der Waals surface area (Å²) < 4.78 is 84.9. The van der Waals surface area contributed by atoms with Crippen LogP contribution in [-0.4, -0.2) is 89.1 Å². The van der Waals surface area contributed by atoms with Crippen molar-refractivity contribution in [2.75, 3.05) is 45.9 Å². The molecule has 0 atom stereocenters. The van der Waals surface area contributed by atoms with E-state index in [0.717, 1.165) is 24.3 Å². The highest BCUT2D eigenvalue weighted by Crippen LogP contribution is 2.37. The lowest BCUT2D eigenvalue weighted by molar-refractivity contribution is -0.148. The van der Waals surface area contributed by atoms with Crippen LogP contribution in [0.5, 0.6) is 0 Å². The van der Waals surface area contributed by atoms with Crippen LogP contribution in [-0.2, 0) is 38.7 Å². The molecule has 46 heavy (non-hydrogen) atoms. The maximum atomic E-state index is 13.1. The maximum Gasteiger partial charge on any atom is 0.327 e. The Morgan fingerprint density at radius 1 is 0.783 bits per heavy atom. The normalized spacial score (nSPS) is 17.6. The van der Waals surface area contributed by atoms with Crippen molar-refractivity contribution in [3.05, 3.63) is 60.2 Å². The Bertz CT molecular complexity index is 1580. The fourth-order valence-corrected chi connectivity index (χ4v) is 9.31. The van der Waals surface area contributed by atoms with Crippen molar-refractivity contribution in [3.8, 4) is 12.3 Å². The van der Waals surface area contributed by atoms with Crippen LogP contribution in [0, 0.1) is 24.0 Å². The Hall–Kier alpha value is -3.09. The summed E-state index contributed by atoms with van der Waals surface area (Å²) in [6.45, 7) is 5.46. The molecule has 0 saturated carbocycles. The molecule has 0 radical (unpaired) electrons. The Balaban J connectivity index is 0.000000316. The van der Waals surface area contributed by atoms with Gasteiger partial charge in [0, 0.05) is 13.1 Å². The third kappa shape index (κ3) is 8.06. The molecule has 0 aliphatic carbocycles. The average molecular weight is 705 g/mol. The summed E-state index contributed by atoms with van der Waals surface area (Å²) >= 11 is 0. The average Bonchev–Trinajstić information content (AvgIpc) is 3.03. The highest BCUT2D eigenvalue weighted by molar-refractivity contribution is 7.94. The van der Waals surface area contributed by atoms with E-state index in [1.165, 1.54) is 24.3 Å². The number of esters is 2. The number of likely N-dealkylation sites (tertiary alicyclic amines) is 1. The van der Waals surface area contributed by atoms with Crippen LogP contribution in [0.1, 0.15) is 39.5 Å². The van der Waals surface area contributed by atoms with Gasteiger partial charge >= 0.3 is 11.9 Å². The Morgan fingerprint density at radius 2 is 1.15 bits per heavy atom. The molecule has 4 rings (SSSR count). The zero-order valence-electron chi connectivity index (χ0n) is 25.7. The molecule has 2 fully saturated rings. The van der Waals surface area contributed by atoms with E-state index >= 15 is 0 Å². The van der Waals surface area contributed by atoms with E-state index in [1.54, 1.807) is 13.8 Å². The number of carbonyl (C=O) groups excluding carboxylic acids is 2. The third-order valence-electron chi connectivity index (χ3n) is 7.96. The van der Waals surface area contributed by atoms with Crippen molar-refractivity contribution >= 4 is 44.0 Å². The lowest BCUT2D eigenvalue weighted by atomic mass is 9.95. The predicted molar refractivity (Wildman–Crippen MR) is 170 cm³/mol. The molecule has 10 nitrogen and oxygen atoms in total. The van der Waals surface area contributed by atoms with Crippen LogP contribution in [0.3, 0.4) is 0 Å². The van der Waals surface area contributed by atoms with Crippen molar-refractivity contribution in [3.63, 3.8) is 0 Å². The first-order valence-electron chi connectivity index (χ1n) is 14.5. The van der Waals surface area contributed by atoms with Crippen LogP contribution < -0.4 is 5.32 Å². The number of nitrogens with one attached hydrogen (secondary N) is 1. The van der Waals surface area contributed by atoms with E-state index in [9.17, 15) is 35.2 Å². The van der Waals surface area contributed by atoms with Crippen molar-refractivity contribution in [1.29, 1.82) is 0 Å². The van der Waals surface area contributed by atoms with Crippen molar-refractivity contribution in [1.82, 2.24) is 10.2 Å². The Kier molecular flexibility index (Phi) is 14.1. The minimum absolute atomic E-state index is 0. The summed E-state index contributed by atoms with van der Waals surface area (Å²) in [7, 11) is -7.96. The number of halogens is 3. The number of hydrogen-bond donors (Lipinski definition) is 1. The number of piperidine rings is 2. The Labute approximate surface area is 275 Å². The molecule has 2 aromatic carbocycles. The molecule has 2 aliphatic rings. The van der Waals surface area contributed by atoms with Gasteiger partial charge in [0.15, 0.2) is 29.2 Å². The molecule has 2 aliphatic heterocycles. The van der Waals surface area contributed by atoms with Gasteiger partial charge in [0.05, 0.1) is 29.5 Å². The van der Waals surface area contributed by atoms with E-state index < -0.39 is 52.7 Å². The topological polar surface area (TPSA) is 136 Å². The zero-order chi connectivity index (χ0) is 33.3. The number of nitrogens with zero attached hydrogens (tertiary/aromatic N) is 1. The largest absolute Gasteiger partial charge is 0.465 e. The zero-order valence-corrected chi connectivity index (χ0v) is 28.1. The number of sulfone groups is 2. The molecule has 0 spiro atoms. The number of rotatable bonds is 9. The second-order valence-electron chi connectivity index (χ2n) is 10.6. The van der Waals surface area contributed by atoms with Crippen LogP contribution >= 0.6 is 12.4 Å². The smallest absolute Gasteiger partial charge is 0.327 e. The fourth-order valence-electron chi connectivity index (χ4n) is 5.40. The van der Waals surface area contributed by atoms with Crippen molar-refractivity contribution in [2.45, 2.75) is 58.8 Å². The highest BCUT2D eigenvalue weighted by atomic mass is 35.5. The molecule has 0 bridgehead atoms. The van der Waals surface area contributed by atoms with Crippen LogP contribution in [0.4, 0.5) is 8.78 Å². The molecule has 0 aromatic heterocycles. The van der Waals surface area contributed by atoms with Crippen LogP contribution in [0.2, 0.25) is 0 Å². The lowest BCUT2D eigenvalue weighted by Gasteiger charge is -2.38. The summed E-state index contributed by atoms with van der Waals surface area (Å²) in [6, 6.07) is 9.03. The van der Waals surface area contributed by atoms with E-state index in [-0.39, 0.29) is 61.1 Å². The van der Waals surface area contributed by atoms with Gasteiger partial charge < -0.3 is 14.8 Å². The monoisotopic (exact) mass is 704 g/mol. The second kappa shape index (κ2) is 16.6. The summed E-state index contributed by atoms with van der Waals surface area (Å²) in [5.74, 6) is -0.0291. The summed E-state index contributed by atoms with van der Waals surface area (Å²) in [4.78, 5) is 26.6. The van der Waals surface area contributed by atoms with E-state index in [1.807, 2.05) is 4.90 Å². The minimum atomic E-state index is -4.02. The maximum absolute atomic E-state index is 13.1. The first-order valence-corrected chi connectivity index (χ1v) is 17.5. The number of hydrogen-bond acceptors (Lipinski definition) is 10. The second-order valence-corrected chi connectivity index (χ2v) is 15.1. The molecule has 254 valence electrons. The molecular formula is C31H39ClF2N2O8S2. The summed E-state index contributed by atoms with van der Waals surface area (Å²) in [5, 5.41) is 3.04. The van der Waals surface area contributed by atoms with E-state index in [4.69, 9.17) is 15.9 Å². The van der Waals surface area contributed by atoms with Gasteiger partial charge in [-0.2, -0.15) is 0 Å². The standard InChI is InChI=1S/C17H20FNO4S.C14H18FNO4S.ClH/c1-3-11-19-12-9-17(10-13-19,16(20)23-4-2)24(21,22)15-7-5-14(18)6-8-15;1-2-20-13(17)14(7-9-16-10-8-14)21(18,19)12-5-3-11(15)4-6-12;/h1,5-8H,4,9-13H2,2H3;3-6,16H,2,7-10H2,1H3;1H. The number of ether oxygens (including phenoxy) is 2. The number of benzene rings is 2. The van der Waals surface area contributed by atoms with E-state index in [0.29, 0.717) is 32.7 Å². The number of carbonyl (C=O) groups is 2. The quantitative estimate of drug-likeness (QED) is 0.235. The fraction of sp³-hybridized carbons (Fsp3) is 0.484. The predicted octanol–water partition coefficient (Wildman–Crippen LogP) is 3.34. The minimum Gasteiger partial charge on any atom is -0.465 e. The SMILES string of the molecule is C#CCN1CCC(C(=O)OCC)(S(=O)(=O)c2ccc(F)cc2)CC1.CCOC(=O)C1(S(=O)(=O)c2ccc(F)cc2)CCNCC1.Cl. The molecule has 0 unspecified atom stereocenters. The molecule has 15 heteroatoms. The highest BCUT2D eigenvalue weighted by Gasteiger charge is 2.54. The molecule has 2 heterocycles. The van der Waals surface area contributed by atoms with Crippen LogP contribution in [0.25, 0.3) is 0 Å². The van der Waals surface area contributed by atoms with Gasteiger partial charge in [-0.1, -0.05) is 5.92 Å². The van der Waals surface area contributed by atoms with Gasteiger partial charge in [0.25, 0.3) is 0 Å². The molecular weight excluding hydrogens is 666 g/mol. The van der Waals surface area contributed by atoms with Crippen molar-refractivity contribution in [2.24, 2.45) is 0 Å².